The number of hydrogen-bond donors (Lipinski definition) is 2. The van der Waals surface area contributed by atoms with Gasteiger partial charge in [-0.1, -0.05) is 32.0 Å². The SMILES string of the molecule is CC(C)C(N1CCC(C=O)CC1)N1CCN(c2ccccc2C=CC(=O)NO)CC1. The van der Waals surface area contributed by atoms with E-state index in [1.807, 2.05) is 18.2 Å². The number of piperidine rings is 1. The van der Waals surface area contributed by atoms with Crippen LogP contribution >= 0.6 is 0 Å². The second-order valence-electron chi connectivity index (χ2n) is 8.56. The van der Waals surface area contributed by atoms with Crippen LogP contribution in [0, 0.1) is 11.8 Å². The molecule has 0 aromatic heterocycles. The Morgan fingerprint density at radius 3 is 2.30 bits per heavy atom. The Morgan fingerprint density at radius 2 is 1.70 bits per heavy atom. The number of nitrogens with one attached hydrogen (secondary N) is 1. The fourth-order valence-corrected chi connectivity index (χ4v) is 4.74. The summed E-state index contributed by atoms with van der Waals surface area (Å²) in [4.78, 5) is 30.0. The van der Waals surface area contributed by atoms with Crippen LogP contribution < -0.4 is 10.4 Å². The van der Waals surface area contributed by atoms with Gasteiger partial charge in [0.2, 0.25) is 0 Å². The molecule has 2 N–H and O–H groups in total. The van der Waals surface area contributed by atoms with E-state index in [2.05, 4.69) is 34.6 Å². The second-order valence-corrected chi connectivity index (χ2v) is 8.56. The van der Waals surface area contributed by atoms with Crippen LogP contribution in [0.1, 0.15) is 32.3 Å². The topological polar surface area (TPSA) is 76.1 Å². The van der Waals surface area contributed by atoms with E-state index >= 15 is 0 Å². The lowest BCUT2D eigenvalue weighted by molar-refractivity contribution is -0.124. The number of rotatable bonds is 7. The highest BCUT2D eigenvalue weighted by Gasteiger charge is 2.33. The number of anilines is 1. The monoisotopic (exact) mass is 414 g/mol. The van der Waals surface area contributed by atoms with E-state index in [1.165, 1.54) is 6.08 Å². The number of nitrogens with zero attached hydrogens (tertiary/aromatic N) is 3. The number of carbonyl (C=O) groups is 2. The van der Waals surface area contributed by atoms with Gasteiger partial charge in [0.1, 0.15) is 6.29 Å². The highest BCUT2D eigenvalue weighted by Crippen LogP contribution is 2.27. The van der Waals surface area contributed by atoms with Crippen LogP contribution in [0.2, 0.25) is 0 Å². The Bertz CT molecular complexity index is 736. The zero-order valence-corrected chi connectivity index (χ0v) is 18.0. The minimum Gasteiger partial charge on any atom is -0.368 e. The molecule has 2 heterocycles. The van der Waals surface area contributed by atoms with Gasteiger partial charge < -0.3 is 9.69 Å². The van der Waals surface area contributed by atoms with Gasteiger partial charge in [-0.25, -0.2) is 5.48 Å². The number of benzene rings is 1. The molecule has 30 heavy (non-hydrogen) atoms. The highest BCUT2D eigenvalue weighted by atomic mass is 16.5. The van der Waals surface area contributed by atoms with Crippen molar-refractivity contribution >= 4 is 24.0 Å². The standard InChI is InChI=1S/C23H34N4O3/c1-18(2)23(26-11-9-19(17-28)10-12-26)27-15-13-25(14-16-27)21-6-4-3-5-20(21)7-8-22(29)24-30/h3-8,17-19,23,30H,9-16H2,1-2H3,(H,24,29). The number of carbonyl (C=O) groups excluding carboxylic acids is 2. The van der Waals surface area contributed by atoms with Crippen molar-refractivity contribution in [2.45, 2.75) is 32.9 Å². The maximum absolute atomic E-state index is 11.4. The molecule has 2 aliphatic rings. The van der Waals surface area contributed by atoms with Crippen molar-refractivity contribution in [1.82, 2.24) is 15.3 Å². The number of hydrogen-bond acceptors (Lipinski definition) is 6. The fraction of sp³-hybridized carbons (Fsp3) is 0.565. The van der Waals surface area contributed by atoms with Crippen molar-refractivity contribution < 1.29 is 14.8 Å². The van der Waals surface area contributed by atoms with Gasteiger partial charge in [-0.3, -0.25) is 19.8 Å². The summed E-state index contributed by atoms with van der Waals surface area (Å²) in [5.74, 6) is 0.215. The molecule has 2 aliphatic heterocycles. The number of para-hydroxylation sites is 1. The molecule has 2 fully saturated rings. The molecule has 0 bridgehead atoms. The van der Waals surface area contributed by atoms with E-state index in [9.17, 15) is 9.59 Å². The predicted octanol–water partition coefficient (Wildman–Crippen LogP) is 2.22. The molecule has 0 radical (unpaired) electrons. The Kier molecular flexibility index (Phi) is 8.01. The number of likely N-dealkylation sites (tertiary alicyclic amines) is 1. The van der Waals surface area contributed by atoms with Crippen LogP contribution in [0.5, 0.6) is 0 Å². The zero-order valence-electron chi connectivity index (χ0n) is 18.0. The molecule has 7 heteroatoms. The molecule has 1 amide bonds. The van der Waals surface area contributed by atoms with Gasteiger partial charge in [-0.15, -0.1) is 0 Å². The van der Waals surface area contributed by atoms with E-state index in [1.54, 1.807) is 11.6 Å². The molecular weight excluding hydrogens is 380 g/mol. The van der Waals surface area contributed by atoms with Crippen molar-refractivity contribution in [3.05, 3.63) is 35.9 Å². The Balaban J connectivity index is 1.64. The molecule has 0 aliphatic carbocycles. The first-order valence-corrected chi connectivity index (χ1v) is 10.9. The normalized spacial score (nSPS) is 20.6. The number of amides is 1. The van der Waals surface area contributed by atoms with E-state index in [4.69, 9.17) is 5.21 Å². The average molecular weight is 415 g/mol. The van der Waals surface area contributed by atoms with E-state index in [0.29, 0.717) is 12.1 Å². The first-order valence-electron chi connectivity index (χ1n) is 10.9. The summed E-state index contributed by atoms with van der Waals surface area (Å²) in [6.45, 7) is 10.4. The quantitative estimate of drug-likeness (QED) is 0.308. The van der Waals surface area contributed by atoms with Crippen molar-refractivity contribution in [2.24, 2.45) is 11.8 Å². The lowest BCUT2D eigenvalue weighted by atomic mass is 9.96. The molecule has 0 spiro atoms. The van der Waals surface area contributed by atoms with Gasteiger partial charge >= 0.3 is 0 Å². The lowest BCUT2D eigenvalue weighted by Gasteiger charge is -2.48. The van der Waals surface area contributed by atoms with Gasteiger partial charge in [0.15, 0.2) is 0 Å². The highest BCUT2D eigenvalue weighted by molar-refractivity contribution is 5.91. The third-order valence-electron chi connectivity index (χ3n) is 6.23. The van der Waals surface area contributed by atoms with Crippen molar-refractivity contribution in [3.63, 3.8) is 0 Å². The number of hydroxylamine groups is 1. The molecule has 7 nitrogen and oxygen atoms in total. The minimum atomic E-state index is -0.534. The summed E-state index contributed by atoms with van der Waals surface area (Å²) < 4.78 is 0. The summed E-state index contributed by atoms with van der Waals surface area (Å²) in [6, 6.07) is 8.03. The molecule has 1 aromatic rings. The molecule has 1 aromatic carbocycles. The first kappa shape index (κ1) is 22.5. The van der Waals surface area contributed by atoms with Crippen LogP contribution in [0.4, 0.5) is 5.69 Å². The van der Waals surface area contributed by atoms with E-state index in [-0.39, 0.29) is 5.92 Å². The molecule has 164 valence electrons. The van der Waals surface area contributed by atoms with Crippen LogP contribution in [0.15, 0.2) is 30.3 Å². The van der Waals surface area contributed by atoms with Crippen molar-refractivity contribution in [1.29, 1.82) is 0 Å². The van der Waals surface area contributed by atoms with Crippen LogP contribution in [-0.4, -0.2) is 72.6 Å². The predicted molar refractivity (Wildman–Crippen MR) is 118 cm³/mol. The molecule has 3 rings (SSSR count). The van der Waals surface area contributed by atoms with E-state index < -0.39 is 5.91 Å². The van der Waals surface area contributed by atoms with Crippen LogP contribution in [-0.2, 0) is 9.59 Å². The summed E-state index contributed by atoms with van der Waals surface area (Å²) in [7, 11) is 0. The summed E-state index contributed by atoms with van der Waals surface area (Å²) >= 11 is 0. The molecular formula is C23H34N4O3. The van der Waals surface area contributed by atoms with Crippen molar-refractivity contribution in [3.8, 4) is 0 Å². The van der Waals surface area contributed by atoms with Crippen molar-refractivity contribution in [2.75, 3.05) is 44.2 Å². The van der Waals surface area contributed by atoms with Gasteiger partial charge in [0.25, 0.3) is 5.91 Å². The van der Waals surface area contributed by atoms with Crippen LogP contribution in [0.3, 0.4) is 0 Å². The molecule has 1 unspecified atom stereocenters. The average Bonchev–Trinajstić information content (AvgIpc) is 2.78. The third kappa shape index (κ3) is 5.47. The second kappa shape index (κ2) is 10.7. The van der Waals surface area contributed by atoms with Gasteiger partial charge in [-0.2, -0.15) is 0 Å². The summed E-state index contributed by atoms with van der Waals surface area (Å²) in [5.41, 5.74) is 3.70. The Hall–Kier alpha value is -2.22. The molecule has 1 atom stereocenters. The van der Waals surface area contributed by atoms with Crippen LogP contribution in [0.25, 0.3) is 6.08 Å². The maximum Gasteiger partial charge on any atom is 0.267 e. The first-order chi connectivity index (χ1) is 14.5. The molecule has 0 saturated carbocycles. The summed E-state index contributed by atoms with van der Waals surface area (Å²) in [5, 5.41) is 8.70. The number of piperazine rings is 1. The lowest BCUT2D eigenvalue weighted by Crippen LogP contribution is -2.59. The van der Waals surface area contributed by atoms with Gasteiger partial charge in [0, 0.05) is 56.9 Å². The third-order valence-corrected chi connectivity index (χ3v) is 6.23. The largest absolute Gasteiger partial charge is 0.368 e. The molecule has 2 saturated heterocycles. The maximum atomic E-state index is 11.4. The van der Waals surface area contributed by atoms with Gasteiger partial charge in [0.05, 0.1) is 6.17 Å². The Labute approximate surface area is 179 Å². The fourth-order valence-electron chi connectivity index (χ4n) is 4.74. The zero-order chi connectivity index (χ0) is 21.5. The smallest absolute Gasteiger partial charge is 0.267 e. The number of aldehydes is 1. The summed E-state index contributed by atoms with van der Waals surface area (Å²) in [6.07, 6.45) is 6.54. The van der Waals surface area contributed by atoms with E-state index in [0.717, 1.165) is 69.6 Å². The Morgan fingerprint density at radius 1 is 1.07 bits per heavy atom. The minimum absolute atomic E-state index is 0.225. The van der Waals surface area contributed by atoms with Gasteiger partial charge in [-0.05, 0) is 36.5 Å².